The fourth-order valence-electron chi connectivity index (χ4n) is 5.46. The zero-order valence-corrected chi connectivity index (χ0v) is 21.5. The van der Waals surface area contributed by atoms with E-state index >= 15 is 0 Å². The maximum Gasteiger partial charge on any atom is 0.435 e. The molecule has 9 heteroatoms. The molecular weight excluding hydrogens is 511 g/mol. The van der Waals surface area contributed by atoms with Gasteiger partial charge in [0.05, 0.1) is 18.3 Å². The lowest BCUT2D eigenvalue weighted by atomic mass is 9.93. The highest BCUT2D eigenvalue weighted by Crippen LogP contribution is 2.36. The molecule has 0 fully saturated rings. The molecule has 2 heterocycles. The van der Waals surface area contributed by atoms with Crippen LogP contribution in [0.2, 0.25) is 0 Å². The molecule has 2 aromatic carbocycles. The molecule has 4 nitrogen and oxygen atoms in total. The molecule has 1 aliphatic carbocycles. The average molecular weight is 541 g/mol. The number of alkyl halides is 3. The first-order chi connectivity index (χ1) is 18.7. The van der Waals surface area contributed by atoms with Crippen molar-refractivity contribution >= 4 is 0 Å². The largest absolute Gasteiger partial charge is 0.435 e. The van der Waals surface area contributed by atoms with E-state index in [1.165, 1.54) is 16.8 Å². The van der Waals surface area contributed by atoms with Crippen LogP contribution in [0.3, 0.4) is 0 Å². The van der Waals surface area contributed by atoms with Crippen LogP contribution in [0.25, 0.3) is 11.1 Å². The fraction of sp³-hybridized carbons (Fsp3) is 0.333. The summed E-state index contributed by atoms with van der Waals surface area (Å²) in [6, 6.07) is 14.6. The van der Waals surface area contributed by atoms with E-state index in [4.69, 9.17) is 0 Å². The summed E-state index contributed by atoms with van der Waals surface area (Å²) in [5.41, 5.74) is 4.18. The number of aromatic nitrogens is 3. The van der Waals surface area contributed by atoms with Crippen molar-refractivity contribution in [3.8, 4) is 11.1 Å². The average Bonchev–Trinajstić information content (AvgIpc) is 3.27. The summed E-state index contributed by atoms with van der Waals surface area (Å²) in [5.74, 6) is -1.35. The molecule has 0 unspecified atom stereocenters. The van der Waals surface area contributed by atoms with Crippen LogP contribution in [0.15, 0.2) is 60.8 Å². The van der Waals surface area contributed by atoms with E-state index in [2.05, 4.69) is 15.4 Å². The third-order valence-corrected chi connectivity index (χ3v) is 7.21. The normalized spacial score (nSPS) is 14.3. The topological polar surface area (TPSA) is 42.7 Å². The van der Waals surface area contributed by atoms with Crippen molar-refractivity contribution in [2.75, 3.05) is 6.54 Å². The number of hydrogen-bond donors (Lipinski definition) is 1. The van der Waals surface area contributed by atoms with E-state index in [1.54, 1.807) is 6.20 Å². The predicted molar refractivity (Wildman–Crippen MR) is 139 cm³/mol. The Morgan fingerprint density at radius 1 is 0.949 bits per heavy atom. The number of benzene rings is 2. The summed E-state index contributed by atoms with van der Waals surface area (Å²) in [6.45, 7) is 2.51. The standard InChI is InChI=1S/C30H29F5N4/c1-19-7-2-3-8-23(19)24-10-6-12-37-28(24)26(17-20-15-21(31)18-22(32)16-20)36-13-14-39-27-11-5-4-9-25(27)29(38-39)30(33,34)35/h2-3,6-8,10,12,15-16,18,26,36H,4-5,9,11,13-14,17H2,1H3/t26-/m0/s1. The van der Waals surface area contributed by atoms with Gasteiger partial charge < -0.3 is 5.32 Å². The highest BCUT2D eigenvalue weighted by molar-refractivity contribution is 5.69. The first-order valence-electron chi connectivity index (χ1n) is 13.1. The predicted octanol–water partition coefficient (Wildman–Crippen LogP) is 7.00. The van der Waals surface area contributed by atoms with Gasteiger partial charge in [-0.1, -0.05) is 30.3 Å². The van der Waals surface area contributed by atoms with Gasteiger partial charge in [-0.15, -0.1) is 0 Å². The Hall–Kier alpha value is -3.59. The van der Waals surface area contributed by atoms with Crippen molar-refractivity contribution in [3.63, 3.8) is 0 Å². The Morgan fingerprint density at radius 3 is 2.41 bits per heavy atom. The van der Waals surface area contributed by atoms with Crippen LogP contribution < -0.4 is 5.32 Å². The highest BCUT2D eigenvalue weighted by Gasteiger charge is 2.39. The second-order valence-electron chi connectivity index (χ2n) is 9.94. The van der Waals surface area contributed by atoms with E-state index in [9.17, 15) is 22.0 Å². The lowest BCUT2D eigenvalue weighted by Gasteiger charge is -2.23. The van der Waals surface area contributed by atoms with Gasteiger partial charge in [-0.05, 0) is 73.9 Å². The highest BCUT2D eigenvalue weighted by atomic mass is 19.4. The van der Waals surface area contributed by atoms with Crippen LogP contribution in [-0.2, 0) is 32.0 Å². The molecule has 1 N–H and O–H groups in total. The minimum atomic E-state index is -4.50. The van der Waals surface area contributed by atoms with Crippen molar-refractivity contribution in [2.24, 2.45) is 0 Å². The first kappa shape index (κ1) is 27.0. The number of hydrogen-bond acceptors (Lipinski definition) is 3. The summed E-state index contributed by atoms with van der Waals surface area (Å²) in [4.78, 5) is 4.65. The van der Waals surface area contributed by atoms with E-state index in [-0.39, 0.29) is 19.5 Å². The number of halogens is 5. The fourth-order valence-corrected chi connectivity index (χ4v) is 5.46. The van der Waals surface area contributed by atoms with Gasteiger partial charge in [-0.25, -0.2) is 8.78 Å². The molecule has 0 amide bonds. The number of rotatable bonds is 8. The number of nitrogens with zero attached hydrogens (tertiary/aromatic N) is 3. The van der Waals surface area contributed by atoms with Gasteiger partial charge in [-0.3, -0.25) is 9.67 Å². The van der Waals surface area contributed by atoms with E-state index in [0.29, 0.717) is 41.8 Å². The summed E-state index contributed by atoms with van der Waals surface area (Å²) >= 11 is 0. The van der Waals surface area contributed by atoms with E-state index in [0.717, 1.165) is 29.2 Å². The lowest BCUT2D eigenvalue weighted by Crippen LogP contribution is -2.29. The molecule has 1 atom stereocenters. The molecule has 0 aliphatic heterocycles. The molecule has 0 spiro atoms. The molecule has 0 saturated heterocycles. The van der Waals surface area contributed by atoms with Crippen molar-refractivity contribution in [1.29, 1.82) is 0 Å². The molecule has 0 radical (unpaired) electrons. The summed E-state index contributed by atoms with van der Waals surface area (Å²) in [5, 5.41) is 7.36. The third kappa shape index (κ3) is 6.03. The van der Waals surface area contributed by atoms with Crippen LogP contribution in [0, 0.1) is 18.6 Å². The summed E-state index contributed by atoms with van der Waals surface area (Å²) in [6.07, 6.45) is -0.132. The molecule has 2 aromatic heterocycles. The molecule has 39 heavy (non-hydrogen) atoms. The monoisotopic (exact) mass is 540 g/mol. The molecule has 0 saturated carbocycles. The van der Waals surface area contributed by atoms with Crippen molar-refractivity contribution in [2.45, 2.75) is 57.8 Å². The molecular formula is C30H29F5N4. The third-order valence-electron chi connectivity index (χ3n) is 7.21. The maximum atomic E-state index is 14.0. The van der Waals surface area contributed by atoms with Crippen LogP contribution in [0.5, 0.6) is 0 Å². The zero-order chi connectivity index (χ0) is 27.6. The number of aryl methyl sites for hydroxylation is 1. The Morgan fingerprint density at radius 2 is 1.67 bits per heavy atom. The van der Waals surface area contributed by atoms with E-state index in [1.807, 2.05) is 43.3 Å². The Balaban J connectivity index is 1.46. The van der Waals surface area contributed by atoms with Crippen molar-refractivity contribution < 1.29 is 22.0 Å². The van der Waals surface area contributed by atoms with Crippen molar-refractivity contribution in [3.05, 3.63) is 106 Å². The minimum absolute atomic E-state index is 0.221. The quantitative estimate of drug-likeness (QED) is 0.245. The smallest absolute Gasteiger partial charge is 0.306 e. The van der Waals surface area contributed by atoms with Gasteiger partial charge >= 0.3 is 6.18 Å². The number of fused-ring (bicyclic) bond motifs is 1. The van der Waals surface area contributed by atoms with Gasteiger partial charge in [0.1, 0.15) is 11.6 Å². The number of pyridine rings is 1. The van der Waals surface area contributed by atoms with Crippen LogP contribution in [0.4, 0.5) is 22.0 Å². The van der Waals surface area contributed by atoms with E-state index < -0.39 is 29.5 Å². The SMILES string of the molecule is Cc1ccccc1-c1cccnc1[C@H](Cc1cc(F)cc(F)c1)NCCn1nc(C(F)(F)F)c2c1CCCC2. The van der Waals surface area contributed by atoms with Crippen molar-refractivity contribution in [1.82, 2.24) is 20.1 Å². The second-order valence-corrected chi connectivity index (χ2v) is 9.94. The van der Waals surface area contributed by atoms with Crippen LogP contribution in [0.1, 0.15) is 52.7 Å². The molecule has 4 aromatic rings. The maximum absolute atomic E-state index is 14.0. The molecule has 5 rings (SSSR count). The minimum Gasteiger partial charge on any atom is -0.306 e. The van der Waals surface area contributed by atoms with Gasteiger partial charge in [0.25, 0.3) is 0 Å². The second kappa shape index (κ2) is 11.3. The molecule has 1 aliphatic rings. The Bertz CT molecular complexity index is 1440. The van der Waals surface area contributed by atoms with Crippen LogP contribution >= 0.6 is 0 Å². The van der Waals surface area contributed by atoms with Crippen LogP contribution in [-0.4, -0.2) is 21.3 Å². The molecule has 0 bridgehead atoms. The first-order valence-corrected chi connectivity index (χ1v) is 13.1. The van der Waals surface area contributed by atoms with Gasteiger partial charge in [0.2, 0.25) is 0 Å². The lowest BCUT2D eigenvalue weighted by molar-refractivity contribution is -0.142. The zero-order valence-electron chi connectivity index (χ0n) is 21.5. The Kier molecular flexibility index (Phi) is 7.79. The summed E-state index contributed by atoms with van der Waals surface area (Å²) in [7, 11) is 0. The Labute approximate surface area is 223 Å². The van der Waals surface area contributed by atoms with Gasteiger partial charge in [-0.2, -0.15) is 18.3 Å². The molecule has 204 valence electrons. The summed E-state index contributed by atoms with van der Waals surface area (Å²) < 4.78 is 70.5. The number of nitrogens with one attached hydrogen (secondary N) is 1. The van der Waals surface area contributed by atoms with Gasteiger partial charge in [0, 0.05) is 35.6 Å². The van der Waals surface area contributed by atoms with Gasteiger partial charge in [0.15, 0.2) is 5.69 Å².